The largest absolute Gasteiger partial charge is 0.338 e. The number of amides is 2. The third-order valence-corrected chi connectivity index (χ3v) is 3.90. The van der Waals surface area contributed by atoms with Crippen molar-refractivity contribution >= 4 is 29.0 Å². The standard InChI is InChI=1S/C14H14ClFN2OS/c15-13-6-5-12(20-13)9-18-14(19)17-8-7-10-1-3-11(16)4-2-10/h1-6H,7-9H2,(H2,17,18,19). The van der Waals surface area contributed by atoms with E-state index in [9.17, 15) is 9.18 Å². The van der Waals surface area contributed by atoms with Crippen LogP contribution in [-0.2, 0) is 13.0 Å². The van der Waals surface area contributed by atoms with Crippen LogP contribution in [-0.4, -0.2) is 12.6 Å². The monoisotopic (exact) mass is 312 g/mol. The number of halogens is 2. The summed E-state index contributed by atoms with van der Waals surface area (Å²) >= 11 is 7.24. The number of urea groups is 1. The second-order valence-electron chi connectivity index (χ2n) is 4.19. The highest BCUT2D eigenvalue weighted by molar-refractivity contribution is 7.16. The van der Waals surface area contributed by atoms with Gasteiger partial charge in [0.15, 0.2) is 0 Å². The van der Waals surface area contributed by atoms with Gasteiger partial charge in [0.05, 0.1) is 10.9 Å². The lowest BCUT2D eigenvalue weighted by atomic mass is 10.1. The molecule has 0 unspecified atom stereocenters. The highest BCUT2D eigenvalue weighted by Gasteiger charge is 2.02. The second kappa shape index (κ2) is 7.26. The molecule has 0 aliphatic heterocycles. The van der Waals surface area contributed by atoms with Crippen molar-refractivity contribution in [1.82, 2.24) is 10.6 Å². The predicted octanol–water partition coefficient (Wildman–Crippen LogP) is 3.58. The molecule has 1 heterocycles. The Hall–Kier alpha value is -1.59. The molecule has 0 saturated heterocycles. The number of benzene rings is 1. The SMILES string of the molecule is O=C(NCCc1ccc(F)cc1)NCc1ccc(Cl)s1. The van der Waals surface area contributed by atoms with Crippen LogP contribution in [0.15, 0.2) is 36.4 Å². The van der Waals surface area contributed by atoms with Crippen molar-refractivity contribution in [1.29, 1.82) is 0 Å². The zero-order chi connectivity index (χ0) is 14.4. The van der Waals surface area contributed by atoms with E-state index >= 15 is 0 Å². The normalized spacial score (nSPS) is 10.3. The highest BCUT2D eigenvalue weighted by Crippen LogP contribution is 2.20. The van der Waals surface area contributed by atoms with Crippen molar-refractivity contribution < 1.29 is 9.18 Å². The van der Waals surface area contributed by atoms with E-state index in [0.717, 1.165) is 10.4 Å². The molecular weight excluding hydrogens is 299 g/mol. The molecule has 106 valence electrons. The summed E-state index contributed by atoms with van der Waals surface area (Å²) in [7, 11) is 0. The average Bonchev–Trinajstić information content (AvgIpc) is 2.85. The van der Waals surface area contributed by atoms with Gasteiger partial charge in [0.1, 0.15) is 5.82 Å². The Kier molecular flexibility index (Phi) is 5.38. The van der Waals surface area contributed by atoms with Gasteiger partial charge in [0.2, 0.25) is 0 Å². The van der Waals surface area contributed by atoms with E-state index < -0.39 is 0 Å². The summed E-state index contributed by atoms with van der Waals surface area (Å²) in [5, 5.41) is 5.50. The van der Waals surface area contributed by atoms with Gasteiger partial charge in [-0.1, -0.05) is 23.7 Å². The fourth-order valence-corrected chi connectivity index (χ4v) is 2.68. The van der Waals surface area contributed by atoms with Crippen LogP contribution >= 0.6 is 22.9 Å². The molecule has 0 saturated carbocycles. The minimum absolute atomic E-state index is 0.225. The fourth-order valence-electron chi connectivity index (χ4n) is 1.65. The number of thiophene rings is 1. The number of hydrogen-bond donors (Lipinski definition) is 2. The van der Waals surface area contributed by atoms with Crippen LogP contribution in [0, 0.1) is 5.82 Å². The summed E-state index contributed by atoms with van der Waals surface area (Å²) in [6.07, 6.45) is 0.665. The quantitative estimate of drug-likeness (QED) is 0.870. The summed E-state index contributed by atoms with van der Waals surface area (Å²) in [6.45, 7) is 0.961. The Morgan fingerprint density at radius 1 is 1.15 bits per heavy atom. The van der Waals surface area contributed by atoms with Crippen molar-refractivity contribution in [2.45, 2.75) is 13.0 Å². The lowest BCUT2D eigenvalue weighted by Crippen LogP contribution is -2.36. The second-order valence-corrected chi connectivity index (χ2v) is 5.99. The van der Waals surface area contributed by atoms with Gasteiger partial charge in [-0.25, -0.2) is 9.18 Å². The Morgan fingerprint density at radius 2 is 1.90 bits per heavy atom. The molecule has 0 atom stereocenters. The molecule has 2 amide bonds. The first-order valence-corrected chi connectivity index (χ1v) is 7.33. The lowest BCUT2D eigenvalue weighted by molar-refractivity contribution is 0.240. The van der Waals surface area contributed by atoms with Crippen LogP contribution in [0.1, 0.15) is 10.4 Å². The minimum atomic E-state index is -0.255. The number of carbonyl (C=O) groups excluding carboxylic acids is 1. The van der Waals surface area contributed by atoms with Gasteiger partial charge < -0.3 is 10.6 Å². The van der Waals surface area contributed by atoms with Gasteiger partial charge in [0.25, 0.3) is 0 Å². The van der Waals surface area contributed by atoms with E-state index in [-0.39, 0.29) is 11.8 Å². The smallest absolute Gasteiger partial charge is 0.315 e. The zero-order valence-electron chi connectivity index (χ0n) is 10.7. The van der Waals surface area contributed by atoms with E-state index in [2.05, 4.69) is 10.6 Å². The Balaban J connectivity index is 1.66. The third-order valence-electron chi connectivity index (χ3n) is 2.66. The molecule has 0 bridgehead atoms. The first-order chi connectivity index (χ1) is 9.63. The van der Waals surface area contributed by atoms with Gasteiger partial charge >= 0.3 is 6.03 Å². The first kappa shape index (κ1) is 14.8. The van der Waals surface area contributed by atoms with Crippen LogP contribution in [0.3, 0.4) is 0 Å². The average molecular weight is 313 g/mol. The number of rotatable bonds is 5. The molecule has 0 aliphatic carbocycles. The number of hydrogen-bond acceptors (Lipinski definition) is 2. The van der Waals surface area contributed by atoms with Crippen molar-refractivity contribution in [3.63, 3.8) is 0 Å². The van der Waals surface area contributed by atoms with Gasteiger partial charge in [0, 0.05) is 11.4 Å². The molecule has 0 aliphatic rings. The molecule has 3 nitrogen and oxygen atoms in total. The Morgan fingerprint density at radius 3 is 2.55 bits per heavy atom. The van der Waals surface area contributed by atoms with E-state index in [1.54, 1.807) is 18.2 Å². The molecule has 0 fully saturated rings. The summed E-state index contributed by atoms with van der Waals surface area (Å²) in [5.74, 6) is -0.255. The van der Waals surface area contributed by atoms with Gasteiger partial charge in [-0.15, -0.1) is 11.3 Å². The van der Waals surface area contributed by atoms with Crippen molar-refractivity contribution in [3.05, 3.63) is 57.0 Å². The third kappa shape index (κ3) is 4.83. The number of nitrogens with one attached hydrogen (secondary N) is 2. The van der Waals surface area contributed by atoms with Crippen LogP contribution in [0.2, 0.25) is 4.34 Å². The fraction of sp³-hybridized carbons (Fsp3) is 0.214. The van der Waals surface area contributed by atoms with E-state index in [4.69, 9.17) is 11.6 Å². The molecule has 1 aromatic heterocycles. The molecule has 2 rings (SSSR count). The first-order valence-electron chi connectivity index (χ1n) is 6.14. The van der Waals surface area contributed by atoms with E-state index in [1.807, 2.05) is 6.07 Å². The summed E-state index contributed by atoms with van der Waals surface area (Å²) in [5.41, 5.74) is 0.983. The predicted molar refractivity (Wildman–Crippen MR) is 79.7 cm³/mol. The van der Waals surface area contributed by atoms with Crippen molar-refractivity contribution in [2.24, 2.45) is 0 Å². The molecule has 6 heteroatoms. The van der Waals surface area contributed by atoms with Crippen LogP contribution in [0.5, 0.6) is 0 Å². The Bertz CT molecular complexity index is 571. The van der Waals surface area contributed by atoms with Crippen LogP contribution in [0.25, 0.3) is 0 Å². The molecular formula is C14H14ClFN2OS. The zero-order valence-corrected chi connectivity index (χ0v) is 12.2. The van der Waals surface area contributed by atoms with Crippen LogP contribution in [0.4, 0.5) is 9.18 Å². The lowest BCUT2D eigenvalue weighted by Gasteiger charge is -2.06. The maximum absolute atomic E-state index is 12.7. The molecule has 2 aromatic rings. The van der Waals surface area contributed by atoms with Crippen molar-refractivity contribution in [3.8, 4) is 0 Å². The molecule has 0 spiro atoms. The molecule has 20 heavy (non-hydrogen) atoms. The summed E-state index contributed by atoms with van der Waals surface area (Å²) in [4.78, 5) is 12.6. The summed E-state index contributed by atoms with van der Waals surface area (Å²) in [6, 6.07) is 9.70. The van der Waals surface area contributed by atoms with Gasteiger partial charge in [-0.05, 0) is 36.2 Å². The van der Waals surface area contributed by atoms with Gasteiger partial charge in [-0.2, -0.15) is 0 Å². The Labute approximate surface area is 125 Å². The summed E-state index contributed by atoms with van der Waals surface area (Å²) < 4.78 is 13.4. The topological polar surface area (TPSA) is 41.1 Å². The van der Waals surface area contributed by atoms with Crippen LogP contribution < -0.4 is 10.6 Å². The minimum Gasteiger partial charge on any atom is -0.338 e. The van der Waals surface area contributed by atoms with Gasteiger partial charge in [-0.3, -0.25) is 0 Å². The number of carbonyl (C=O) groups is 1. The van der Waals surface area contributed by atoms with E-state index in [0.29, 0.717) is 23.8 Å². The van der Waals surface area contributed by atoms with E-state index in [1.165, 1.54) is 23.5 Å². The molecule has 2 N–H and O–H groups in total. The van der Waals surface area contributed by atoms with Crippen molar-refractivity contribution in [2.75, 3.05) is 6.54 Å². The maximum Gasteiger partial charge on any atom is 0.315 e. The highest BCUT2D eigenvalue weighted by atomic mass is 35.5. The molecule has 1 aromatic carbocycles. The molecule has 0 radical (unpaired) electrons. The maximum atomic E-state index is 12.7.